The number of nitrogens with zero attached hydrogens (tertiary/aromatic N) is 2. The Balaban J connectivity index is 1.61. The monoisotopic (exact) mass is 372 g/mol. The minimum Gasteiger partial charge on any atom is -0.493 e. The summed E-state index contributed by atoms with van der Waals surface area (Å²) in [6.07, 6.45) is 4.80. The van der Waals surface area contributed by atoms with Gasteiger partial charge in [0.25, 0.3) is 0 Å². The summed E-state index contributed by atoms with van der Waals surface area (Å²) < 4.78 is 10.7. The van der Waals surface area contributed by atoms with Crippen molar-refractivity contribution in [3.8, 4) is 33.9 Å². The standard InChI is InChI=1S/C22H20N4O2/c1-27-19-6-4-14(10-20(19)28-2)18-12-25-22-21(26-18)16(11-24-22)13-3-5-17-15(9-13)7-8-23-17/h3-6,9-12,23H,7-8H2,1-2H3,(H,24,25). The fourth-order valence-corrected chi connectivity index (χ4v) is 3.72. The molecule has 0 saturated carbocycles. The SMILES string of the molecule is COc1ccc(-c2cnc3[nH]cc(-c4ccc5c(c4)CCN5)c3n2)cc1OC. The Kier molecular flexibility index (Phi) is 3.90. The summed E-state index contributed by atoms with van der Waals surface area (Å²) in [6.45, 7) is 0.996. The van der Waals surface area contributed by atoms with Gasteiger partial charge in [-0.3, -0.25) is 0 Å². The van der Waals surface area contributed by atoms with Crippen LogP contribution in [0.2, 0.25) is 0 Å². The summed E-state index contributed by atoms with van der Waals surface area (Å²) in [7, 11) is 3.26. The lowest BCUT2D eigenvalue weighted by Gasteiger charge is -2.09. The van der Waals surface area contributed by atoms with Crippen LogP contribution in [-0.4, -0.2) is 35.7 Å². The van der Waals surface area contributed by atoms with Crippen molar-refractivity contribution in [2.24, 2.45) is 0 Å². The highest BCUT2D eigenvalue weighted by Crippen LogP contribution is 2.34. The van der Waals surface area contributed by atoms with Crippen LogP contribution < -0.4 is 14.8 Å². The second kappa shape index (κ2) is 6.56. The summed E-state index contributed by atoms with van der Waals surface area (Å²) in [5.41, 5.74) is 8.12. The molecule has 0 aliphatic carbocycles. The molecule has 3 heterocycles. The molecular weight excluding hydrogens is 352 g/mol. The second-order valence-electron chi connectivity index (χ2n) is 6.77. The number of benzene rings is 2. The fourth-order valence-electron chi connectivity index (χ4n) is 3.72. The van der Waals surface area contributed by atoms with Gasteiger partial charge in [-0.1, -0.05) is 6.07 Å². The number of methoxy groups -OCH3 is 2. The van der Waals surface area contributed by atoms with E-state index in [1.165, 1.54) is 11.3 Å². The number of rotatable bonds is 4. The molecule has 140 valence electrons. The van der Waals surface area contributed by atoms with Gasteiger partial charge in [-0.2, -0.15) is 0 Å². The van der Waals surface area contributed by atoms with E-state index < -0.39 is 0 Å². The van der Waals surface area contributed by atoms with Gasteiger partial charge in [-0.25, -0.2) is 9.97 Å². The highest BCUT2D eigenvalue weighted by atomic mass is 16.5. The Morgan fingerprint density at radius 1 is 0.964 bits per heavy atom. The van der Waals surface area contributed by atoms with Gasteiger partial charge in [0.05, 0.1) is 26.1 Å². The highest BCUT2D eigenvalue weighted by Gasteiger charge is 2.15. The zero-order chi connectivity index (χ0) is 19.1. The number of H-pyrrole nitrogens is 1. The van der Waals surface area contributed by atoms with Crippen molar-refractivity contribution in [1.82, 2.24) is 15.0 Å². The molecule has 5 rings (SSSR count). The van der Waals surface area contributed by atoms with Crippen LogP contribution in [0, 0.1) is 0 Å². The van der Waals surface area contributed by atoms with E-state index in [-0.39, 0.29) is 0 Å². The molecule has 0 bridgehead atoms. The molecule has 0 spiro atoms. The Morgan fingerprint density at radius 2 is 1.82 bits per heavy atom. The number of nitrogens with one attached hydrogen (secondary N) is 2. The van der Waals surface area contributed by atoms with E-state index in [2.05, 4.69) is 33.5 Å². The van der Waals surface area contributed by atoms with Crippen LogP contribution >= 0.6 is 0 Å². The molecule has 1 aliphatic rings. The largest absolute Gasteiger partial charge is 0.493 e. The smallest absolute Gasteiger partial charge is 0.161 e. The van der Waals surface area contributed by atoms with Crippen LogP contribution in [0.3, 0.4) is 0 Å². The third-order valence-electron chi connectivity index (χ3n) is 5.19. The summed E-state index contributed by atoms with van der Waals surface area (Å²) >= 11 is 0. The van der Waals surface area contributed by atoms with Gasteiger partial charge in [0.1, 0.15) is 5.52 Å². The molecule has 0 unspecified atom stereocenters. The van der Waals surface area contributed by atoms with Crippen molar-refractivity contribution in [2.45, 2.75) is 6.42 Å². The summed E-state index contributed by atoms with van der Waals surface area (Å²) in [5, 5.41) is 3.40. The third-order valence-corrected chi connectivity index (χ3v) is 5.19. The van der Waals surface area contributed by atoms with E-state index in [1.54, 1.807) is 20.4 Å². The Bertz CT molecular complexity index is 1180. The molecule has 0 saturated heterocycles. The van der Waals surface area contributed by atoms with E-state index in [1.807, 2.05) is 24.4 Å². The average molecular weight is 372 g/mol. The van der Waals surface area contributed by atoms with Crippen LogP contribution in [0.4, 0.5) is 5.69 Å². The maximum atomic E-state index is 5.42. The van der Waals surface area contributed by atoms with Gasteiger partial charge < -0.3 is 19.8 Å². The van der Waals surface area contributed by atoms with Crippen LogP contribution in [0.5, 0.6) is 11.5 Å². The van der Waals surface area contributed by atoms with Crippen molar-refractivity contribution in [2.75, 3.05) is 26.1 Å². The van der Waals surface area contributed by atoms with Gasteiger partial charge >= 0.3 is 0 Å². The Morgan fingerprint density at radius 3 is 2.68 bits per heavy atom. The van der Waals surface area contributed by atoms with Crippen molar-refractivity contribution in [3.63, 3.8) is 0 Å². The minimum absolute atomic E-state index is 0.669. The summed E-state index contributed by atoms with van der Waals surface area (Å²) in [6, 6.07) is 12.3. The van der Waals surface area contributed by atoms with Crippen molar-refractivity contribution in [1.29, 1.82) is 0 Å². The molecule has 2 aromatic carbocycles. The molecule has 2 aromatic heterocycles. The van der Waals surface area contributed by atoms with E-state index >= 15 is 0 Å². The predicted molar refractivity (Wildman–Crippen MR) is 110 cm³/mol. The van der Waals surface area contributed by atoms with Crippen molar-refractivity contribution in [3.05, 3.63) is 54.4 Å². The van der Waals surface area contributed by atoms with Crippen LogP contribution in [0.1, 0.15) is 5.56 Å². The normalized spacial score (nSPS) is 12.6. The zero-order valence-electron chi connectivity index (χ0n) is 15.7. The number of hydrogen-bond acceptors (Lipinski definition) is 5. The van der Waals surface area contributed by atoms with Gasteiger partial charge in [-0.15, -0.1) is 0 Å². The van der Waals surface area contributed by atoms with Crippen LogP contribution in [-0.2, 0) is 6.42 Å². The fraction of sp³-hybridized carbons (Fsp3) is 0.182. The molecule has 0 radical (unpaired) electrons. The quantitative estimate of drug-likeness (QED) is 0.559. The maximum Gasteiger partial charge on any atom is 0.161 e. The minimum atomic E-state index is 0.669. The first-order valence-corrected chi connectivity index (χ1v) is 9.20. The van der Waals surface area contributed by atoms with E-state index in [4.69, 9.17) is 14.5 Å². The molecule has 0 amide bonds. The molecule has 28 heavy (non-hydrogen) atoms. The van der Waals surface area contributed by atoms with Gasteiger partial charge in [-0.05, 0) is 47.9 Å². The van der Waals surface area contributed by atoms with Crippen LogP contribution in [0.15, 0.2) is 48.8 Å². The van der Waals surface area contributed by atoms with Gasteiger partial charge in [0.2, 0.25) is 0 Å². The number of fused-ring (bicyclic) bond motifs is 2. The third kappa shape index (κ3) is 2.65. The lowest BCUT2D eigenvalue weighted by atomic mass is 10.0. The molecule has 6 nitrogen and oxygen atoms in total. The van der Waals surface area contributed by atoms with E-state index in [0.717, 1.165) is 46.5 Å². The predicted octanol–water partition coefficient (Wildman–Crippen LogP) is 4.28. The van der Waals surface area contributed by atoms with Crippen LogP contribution in [0.25, 0.3) is 33.5 Å². The van der Waals surface area contributed by atoms with E-state index in [9.17, 15) is 0 Å². The maximum absolute atomic E-state index is 5.42. The number of aromatic nitrogens is 3. The highest BCUT2D eigenvalue weighted by molar-refractivity contribution is 5.92. The Hall–Kier alpha value is -3.54. The molecule has 4 aromatic rings. The number of hydrogen-bond donors (Lipinski definition) is 2. The number of aromatic amines is 1. The molecular formula is C22H20N4O2. The Labute approximate surface area is 162 Å². The number of ether oxygens (including phenoxy) is 2. The lowest BCUT2D eigenvalue weighted by molar-refractivity contribution is 0.355. The van der Waals surface area contributed by atoms with Gasteiger partial charge in [0, 0.05) is 29.6 Å². The second-order valence-corrected chi connectivity index (χ2v) is 6.77. The topological polar surface area (TPSA) is 72.1 Å². The number of anilines is 1. The zero-order valence-corrected chi connectivity index (χ0v) is 15.7. The first-order valence-electron chi connectivity index (χ1n) is 9.20. The van der Waals surface area contributed by atoms with Crippen molar-refractivity contribution >= 4 is 16.9 Å². The molecule has 6 heteroatoms. The molecule has 1 aliphatic heterocycles. The summed E-state index contributed by atoms with van der Waals surface area (Å²) in [5.74, 6) is 1.36. The molecule has 0 atom stereocenters. The van der Waals surface area contributed by atoms with E-state index in [0.29, 0.717) is 11.5 Å². The molecule has 0 fully saturated rings. The lowest BCUT2D eigenvalue weighted by Crippen LogP contribution is -1.93. The first kappa shape index (κ1) is 16.6. The average Bonchev–Trinajstić information content (AvgIpc) is 3.38. The molecule has 2 N–H and O–H groups in total. The first-order chi connectivity index (χ1) is 13.8. The van der Waals surface area contributed by atoms with Gasteiger partial charge in [0.15, 0.2) is 17.1 Å². The summed E-state index contributed by atoms with van der Waals surface area (Å²) in [4.78, 5) is 12.7. The van der Waals surface area contributed by atoms with Crippen molar-refractivity contribution < 1.29 is 9.47 Å².